The van der Waals surface area contributed by atoms with Crippen molar-refractivity contribution in [3.8, 4) is 0 Å². The van der Waals surface area contributed by atoms with E-state index in [1.54, 1.807) is 0 Å². The zero-order chi connectivity index (χ0) is 11.1. The first-order valence-electron chi connectivity index (χ1n) is 6.83. The molecular weight excluding hydrogens is 168 g/mol. The Hall–Kier alpha value is 0. The molecule has 0 aliphatic heterocycles. The van der Waals surface area contributed by atoms with Crippen LogP contribution in [-0.2, 0) is 0 Å². The second-order valence-electron chi connectivity index (χ2n) is 4.12. The molecule has 0 saturated heterocycles. The van der Waals surface area contributed by atoms with Crippen molar-refractivity contribution in [3.63, 3.8) is 0 Å². The Morgan fingerprint density at radius 2 is 0.571 bits per heavy atom. The van der Waals surface area contributed by atoms with E-state index in [2.05, 4.69) is 27.7 Å². The van der Waals surface area contributed by atoms with E-state index in [0.717, 1.165) is 0 Å². The van der Waals surface area contributed by atoms with Crippen LogP contribution in [0.15, 0.2) is 0 Å². The molecule has 0 fully saturated rings. The normalized spacial score (nSPS) is 9.43. The fourth-order valence-corrected chi connectivity index (χ4v) is 1.35. The SMILES string of the molecule is CCCCCCC.CCCCCCC. The van der Waals surface area contributed by atoms with E-state index >= 15 is 0 Å². The van der Waals surface area contributed by atoms with Crippen LogP contribution in [-0.4, -0.2) is 0 Å². The zero-order valence-electron chi connectivity index (χ0n) is 11.1. The van der Waals surface area contributed by atoms with Crippen LogP contribution in [0.5, 0.6) is 0 Å². The summed E-state index contributed by atoms with van der Waals surface area (Å²) in [6.45, 7) is 8.98. The lowest BCUT2D eigenvalue weighted by molar-refractivity contribution is 0.656. The molecule has 0 nitrogen and oxygen atoms in total. The predicted octanol–water partition coefficient (Wildman–Crippen LogP) is 5.95. The van der Waals surface area contributed by atoms with Crippen LogP contribution in [0.2, 0.25) is 0 Å². The molecule has 0 spiro atoms. The average Bonchev–Trinajstić information content (AvgIpc) is 2.21. The van der Waals surface area contributed by atoms with Gasteiger partial charge in [0, 0.05) is 0 Å². The molecule has 0 aromatic heterocycles. The second-order valence-corrected chi connectivity index (χ2v) is 4.12. The number of hydrogen-bond acceptors (Lipinski definition) is 0. The highest BCUT2D eigenvalue weighted by Gasteiger charge is 1.80. The largest absolute Gasteiger partial charge is 0.0654 e. The molecular formula is C14H32. The highest BCUT2D eigenvalue weighted by atomic mass is 13.9. The molecule has 0 radical (unpaired) electrons. The molecule has 0 N–H and O–H groups in total. The first-order chi connectivity index (χ1) is 6.83. The van der Waals surface area contributed by atoms with E-state index < -0.39 is 0 Å². The lowest BCUT2D eigenvalue weighted by Gasteiger charge is -1.90. The van der Waals surface area contributed by atoms with E-state index in [1.165, 1.54) is 64.2 Å². The van der Waals surface area contributed by atoms with Gasteiger partial charge >= 0.3 is 0 Å². The number of rotatable bonds is 8. The van der Waals surface area contributed by atoms with Crippen molar-refractivity contribution in [1.29, 1.82) is 0 Å². The summed E-state index contributed by atoms with van der Waals surface area (Å²) >= 11 is 0. The maximum atomic E-state index is 2.25. The third kappa shape index (κ3) is 22.7. The quantitative estimate of drug-likeness (QED) is 0.424. The zero-order valence-corrected chi connectivity index (χ0v) is 11.1. The molecule has 0 aliphatic carbocycles. The van der Waals surface area contributed by atoms with Gasteiger partial charge in [-0.15, -0.1) is 0 Å². The predicted molar refractivity (Wildman–Crippen MR) is 68.9 cm³/mol. The van der Waals surface area contributed by atoms with Crippen LogP contribution in [0, 0.1) is 0 Å². The summed E-state index contributed by atoms with van der Waals surface area (Å²) in [6.07, 6.45) is 14.0. The van der Waals surface area contributed by atoms with Gasteiger partial charge in [-0.1, -0.05) is 91.9 Å². The Morgan fingerprint density at radius 1 is 0.357 bits per heavy atom. The Balaban J connectivity index is 0. The molecule has 0 amide bonds. The topological polar surface area (TPSA) is 0 Å². The summed E-state index contributed by atoms with van der Waals surface area (Å²) in [4.78, 5) is 0. The first kappa shape index (κ1) is 16.4. The molecule has 0 rings (SSSR count). The standard InChI is InChI=1S/2C7H16/c2*1-3-5-7-6-4-2/h2*3-7H2,1-2H3. The number of unbranched alkanes of at least 4 members (excludes halogenated alkanes) is 8. The van der Waals surface area contributed by atoms with Crippen molar-refractivity contribution in [2.75, 3.05) is 0 Å². The molecule has 0 heteroatoms. The van der Waals surface area contributed by atoms with Gasteiger partial charge in [0.15, 0.2) is 0 Å². The molecule has 0 aliphatic rings. The van der Waals surface area contributed by atoms with E-state index in [-0.39, 0.29) is 0 Å². The van der Waals surface area contributed by atoms with Crippen LogP contribution >= 0.6 is 0 Å². The lowest BCUT2D eigenvalue weighted by atomic mass is 10.2. The monoisotopic (exact) mass is 200 g/mol. The summed E-state index contributed by atoms with van der Waals surface area (Å²) < 4.78 is 0. The molecule has 0 aromatic carbocycles. The van der Waals surface area contributed by atoms with Crippen molar-refractivity contribution in [3.05, 3.63) is 0 Å². The van der Waals surface area contributed by atoms with E-state index in [4.69, 9.17) is 0 Å². The Bertz CT molecular complexity index is 48.4. The third-order valence-electron chi connectivity index (χ3n) is 2.41. The van der Waals surface area contributed by atoms with Gasteiger partial charge in [-0.25, -0.2) is 0 Å². The average molecular weight is 200 g/mol. The molecule has 0 unspecified atom stereocenters. The van der Waals surface area contributed by atoms with E-state index in [0.29, 0.717) is 0 Å². The Kier molecular flexibility index (Phi) is 22.0. The molecule has 0 aromatic rings. The van der Waals surface area contributed by atoms with Crippen LogP contribution in [0.25, 0.3) is 0 Å². The fourth-order valence-electron chi connectivity index (χ4n) is 1.35. The van der Waals surface area contributed by atoms with Crippen molar-refractivity contribution >= 4 is 0 Å². The molecule has 14 heavy (non-hydrogen) atoms. The highest BCUT2D eigenvalue weighted by molar-refractivity contribution is 4.36. The van der Waals surface area contributed by atoms with Gasteiger partial charge < -0.3 is 0 Å². The third-order valence-corrected chi connectivity index (χ3v) is 2.41. The molecule has 0 bridgehead atoms. The summed E-state index contributed by atoms with van der Waals surface area (Å²) in [5, 5.41) is 0. The van der Waals surface area contributed by atoms with Crippen molar-refractivity contribution in [1.82, 2.24) is 0 Å². The summed E-state index contributed by atoms with van der Waals surface area (Å²) in [7, 11) is 0. The Morgan fingerprint density at radius 3 is 0.714 bits per heavy atom. The van der Waals surface area contributed by atoms with Crippen LogP contribution in [0.3, 0.4) is 0 Å². The van der Waals surface area contributed by atoms with Gasteiger partial charge in [-0.05, 0) is 0 Å². The minimum atomic E-state index is 1.36. The molecule has 0 saturated carbocycles. The lowest BCUT2D eigenvalue weighted by Crippen LogP contribution is -1.70. The smallest absolute Gasteiger partial charge is 0.0533 e. The van der Waals surface area contributed by atoms with Gasteiger partial charge in [-0.2, -0.15) is 0 Å². The van der Waals surface area contributed by atoms with E-state index in [1.807, 2.05) is 0 Å². The Labute approximate surface area is 92.5 Å². The van der Waals surface area contributed by atoms with Crippen LogP contribution < -0.4 is 0 Å². The van der Waals surface area contributed by atoms with Crippen LogP contribution in [0.1, 0.15) is 91.9 Å². The van der Waals surface area contributed by atoms with Gasteiger partial charge in [0.1, 0.15) is 0 Å². The summed E-state index contributed by atoms with van der Waals surface area (Å²) in [5.41, 5.74) is 0. The van der Waals surface area contributed by atoms with Gasteiger partial charge in [0.2, 0.25) is 0 Å². The van der Waals surface area contributed by atoms with E-state index in [9.17, 15) is 0 Å². The minimum absolute atomic E-state index is 1.36. The van der Waals surface area contributed by atoms with Crippen molar-refractivity contribution in [2.45, 2.75) is 91.9 Å². The fraction of sp³-hybridized carbons (Fsp3) is 1.00. The summed E-state index contributed by atoms with van der Waals surface area (Å²) in [5.74, 6) is 0. The maximum absolute atomic E-state index is 2.25. The molecule has 88 valence electrons. The molecule has 0 atom stereocenters. The first-order valence-corrected chi connectivity index (χ1v) is 6.83. The van der Waals surface area contributed by atoms with Gasteiger partial charge in [0.05, 0.1) is 0 Å². The van der Waals surface area contributed by atoms with Crippen molar-refractivity contribution < 1.29 is 0 Å². The maximum Gasteiger partial charge on any atom is -0.0533 e. The molecule has 0 heterocycles. The van der Waals surface area contributed by atoms with Crippen LogP contribution in [0.4, 0.5) is 0 Å². The van der Waals surface area contributed by atoms with Gasteiger partial charge in [0.25, 0.3) is 0 Å². The van der Waals surface area contributed by atoms with Crippen molar-refractivity contribution in [2.24, 2.45) is 0 Å². The highest BCUT2D eigenvalue weighted by Crippen LogP contribution is 2.00. The second kappa shape index (κ2) is 18.7. The number of hydrogen-bond donors (Lipinski definition) is 0. The minimum Gasteiger partial charge on any atom is -0.0654 e. The van der Waals surface area contributed by atoms with Gasteiger partial charge in [-0.3, -0.25) is 0 Å². The summed E-state index contributed by atoms with van der Waals surface area (Å²) in [6, 6.07) is 0.